The Morgan fingerprint density at radius 3 is 2.96 bits per heavy atom. The van der Waals surface area contributed by atoms with Crippen LogP contribution >= 0.6 is 11.3 Å². The Labute approximate surface area is 139 Å². The summed E-state index contributed by atoms with van der Waals surface area (Å²) in [4.78, 5) is 23.5. The van der Waals surface area contributed by atoms with E-state index in [4.69, 9.17) is 9.47 Å². The first-order chi connectivity index (χ1) is 11.1. The van der Waals surface area contributed by atoms with Crippen LogP contribution in [0.1, 0.15) is 46.1 Å². The molecule has 2 aromatic rings. The third kappa shape index (κ3) is 3.79. The molecule has 0 spiro atoms. The molecule has 1 aliphatic heterocycles. The van der Waals surface area contributed by atoms with Crippen molar-refractivity contribution in [3.63, 3.8) is 0 Å². The van der Waals surface area contributed by atoms with E-state index in [9.17, 15) is 9.59 Å². The van der Waals surface area contributed by atoms with Gasteiger partial charge in [0.25, 0.3) is 0 Å². The number of ether oxygens (including phenoxy) is 2. The predicted molar refractivity (Wildman–Crippen MR) is 88.1 cm³/mol. The van der Waals surface area contributed by atoms with Crippen molar-refractivity contribution in [2.75, 3.05) is 6.61 Å². The zero-order chi connectivity index (χ0) is 16.2. The molecule has 120 valence electrons. The van der Waals surface area contributed by atoms with Crippen LogP contribution in [0, 0.1) is 0 Å². The average Bonchev–Trinajstić information content (AvgIpc) is 2.92. The van der Waals surface area contributed by atoms with Gasteiger partial charge in [0.05, 0.1) is 6.61 Å². The highest BCUT2D eigenvalue weighted by Crippen LogP contribution is 2.31. The van der Waals surface area contributed by atoms with E-state index >= 15 is 0 Å². The van der Waals surface area contributed by atoms with Gasteiger partial charge in [-0.3, -0.25) is 4.79 Å². The lowest BCUT2D eigenvalue weighted by Gasteiger charge is -2.09. The summed E-state index contributed by atoms with van der Waals surface area (Å²) in [5.74, 6) is 0.161. The summed E-state index contributed by atoms with van der Waals surface area (Å²) in [5, 5.41) is 1.93. The van der Waals surface area contributed by atoms with Gasteiger partial charge in [0.1, 0.15) is 10.6 Å². The van der Waals surface area contributed by atoms with Gasteiger partial charge in [-0.1, -0.05) is 12.1 Å². The van der Waals surface area contributed by atoms with Crippen LogP contribution in [-0.2, 0) is 22.4 Å². The second kappa shape index (κ2) is 6.96. The summed E-state index contributed by atoms with van der Waals surface area (Å²) < 4.78 is 10.4. The van der Waals surface area contributed by atoms with E-state index in [0.717, 1.165) is 36.8 Å². The topological polar surface area (TPSA) is 52.6 Å². The van der Waals surface area contributed by atoms with E-state index < -0.39 is 0 Å². The fraction of sp³-hybridized carbons (Fsp3) is 0.333. The molecule has 1 aliphatic rings. The van der Waals surface area contributed by atoms with Crippen LogP contribution < -0.4 is 4.74 Å². The molecule has 0 aliphatic carbocycles. The summed E-state index contributed by atoms with van der Waals surface area (Å²) in [6.07, 6.45) is 3.44. The van der Waals surface area contributed by atoms with E-state index in [1.165, 1.54) is 23.8 Å². The van der Waals surface area contributed by atoms with Crippen LogP contribution in [0.15, 0.2) is 29.6 Å². The standard InChI is InChI=1S/C18H18O4S/c1-12(19)21-8-3-2-4-13-5-6-16-15(10-13)11-14-7-9-23-17(14)18(20)22-16/h5-7,9-10H,2-4,8,11H2,1H3. The number of aryl methyl sites for hydroxylation is 1. The van der Waals surface area contributed by atoms with E-state index in [0.29, 0.717) is 17.2 Å². The zero-order valence-electron chi connectivity index (χ0n) is 13.0. The molecule has 0 amide bonds. The van der Waals surface area contributed by atoms with Gasteiger partial charge in [-0.05, 0) is 53.5 Å². The maximum Gasteiger partial charge on any atom is 0.354 e. The lowest BCUT2D eigenvalue weighted by atomic mass is 10.0. The average molecular weight is 330 g/mol. The normalized spacial score (nSPS) is 12.8. The van der Waals surface area contributed by atoms with Gasteiger partial charge in [-0.25, -0.2) is 4.79 Å². The molecule has 1 aromatic carbocycles. The molecule has 0 bridgehead atoms. The Morgan fingerprint density at radius 1 is 1.26 bits per heavy atom. The number of esters is 2. The van der Waals surface area contributed by atoms with Crippen molar-refractivity contribution in [1.29, 1.82) is 0 Å². The molecule has 5 heteroatoms. The minimum atomic E-state index is -0.261. The summed E-state index contributed by atoms with van der Waals surface area (Å²) in [6.45, 7) is 1.89. The second-order valence-electron chi connectivity index (χ2n) is 5.58. The molecular formula is C18H18O4S. The number of carbonyl (C=O) groups excluding carboxylic acids is 2. The van der Waals surface area contributed by atoms with Gasteiger partial charge in [0.2, 0.25) is 0 Å². The first-order valence-electron chi connectivity index (χ1n) is 7.67. The Morgan fingerprint density at radius 2 is 2.13 bits per heavy atom. The van der Waals surface area contributed by atoms with Gasteiger partial charge in [0.15, 0.2) is 0 Å². The van der Waals surface area contributed by atoms with Crippen LogP contribution in [0.4, 0.5) is 0 Å². The van der Waals surface area contributed by atoms with Crippen molar-refractivity contribution < 1.29 is 19.1 Å². The summed E-state index contributed by atoms with van der Waals surface area (Å²) in [6, 6.07) is 7.98. The van der Waals surface area contributed by atoms with E-state index in [1.807, 2.05) is 23.6 Å². The third-order valence-corrected chi connectivity index (χ3v) is 4.74. The van der Waals surface area contributed by atoms with Crippen molar-refractivity contribution in [3.8, 4) is 5.75 Å². The van der Waals surface area contributed by atoms with E-state index in [1.54, 1.807) is 0 Å². The van der Waals surface area contributed by atoms with E-state index in [-0.39, 0.29) is 11.9 Å². The minimum absolute atomic E-state index is 0.233. The maximum absolute atomic E-state index is 12.1. The first kappa shape index (κ1) is 15.7. The third-order valence-electron chi connectivity index (χ3n) is 3.81. The highest BCUT2D eigenvalue weighted by atomic mass is 32.1. The fourth-order valence-electron chi connectivity index (χ4n) is 2.68. The SMILES string of the molecule is CC(=O)OCCCCc1ccc2c(c1)Cc1ccsc1C(=O)O2. The Balaban J connectivity index is 1.66. The molecule has 0 radical (unpaired) electrons. The van der Waals surface area contributed by atoms with Crippen LogP contribution in [0.3, 0.4) is 0 Å². The van der Waals surface area contributed by atoms with Crippen molar-refractivity contribution >= 4 is 23.3 Å². The van der Waals surface area contributed by atoms with Crippen LogP contribution in [0.2, 0.25) is 0 Å². The quantitative estimate of drug-likeness (QED) is 0.476. The largest absolute Gasteiger partial charge is 0.466 e. The van der Waals surface area contributed by atoms with Crippen LogP contribution in [-0.4, -0.2) is 18.5 Å². The fourth-order valence-corrected chi connectivity index (χ4v) is 3.48. The lowest BCUT2D eigenvalue weighted by molar-refractivity contribution is -0.141. The van der Waals surface area contributed by atoms with Gasteiger partial charge in [-0.2, -0.15) is 0 Å². The van der Waals surface area contributed by atoms with Gasteiger partial charge in [0, 0.05) is 13.3 Å². The van der Waals surface area contributed by atoms with Crippen molar-refractivity contribution in [2.45, 2.75) is 32.6 Å². The number of fused-ring (bicyclic) bond motifs is 2. The molecule has 23 heavy (non-hydrogen) atoms. The Hall–Kier alpha value is -2.14. The van der Waals surface area contributed by atoms with E-state index in [2.05, 4.69) is 6.07 Å². The van der Waals surface area contributed by atoms with Gasteiger partial charge in [-0.15, -0.1) is 11.3 Å². The van der Waals surface area contributed by atoms with Crippen LogP contribution in [0.25, 0.3) is 0 Å². The zero-order valence-corrected chi connectivity index (χ0v) is 13.8. The second-order valence-corrected chi connectivity index (χ2v) is 6.50. The summed E-state index contributed by atoms with van der Waals surface area (Å²) in [5.41, 5.74) is 3.29. The number of carbonyl (C=O) groups is 2. The minimum Gasteiger partial charge on any atom is -0.466 e. The number of hydrogen-bond acceptors (Lipinski definition) is 5. The van der Waals surface area contributed by atoms with Crippen molar-refractivity contribution in [2.24, 2.45) is 0 Å². The maximum atomic E-state index is 12.1. The molecule has 0 saturated heterocycles. The van der Waals surface area contributed by atoms with Crippen molar-refractivity contribution in [1.82, 2.24) is 0 Å². The van der Waals surface area contributed by atoms with Gasteiger partial charge < -0.3 is 9.47 Å². The summed E-state index contributed by atoms with van der Waals surface area (Å²) >= 11 is 1.43. The molecule has 0 unspecified atom stereocenters. The molecule has 1 aromatic heterocycles. The van der Waals surface area contributed by atoms with Crippen LogP contribution in [0.5, 0.6) is 5.75 Å². The van der Waals surface area contributed by atoms with Crippen molar-refractivity contribution in [3.05, 3.63) is 51.2 Å². The number of hydrogen-bond donors (Lipinski definition) is 0. The van der Waals surface area contributed by atoms with Gasteiger partial charge >= 0.3 is 11.9 Å². The molecule has 0 saturated carbocycles. The molecule has 3 rings (SSSR count). The molecular weight excluding hydrogens is 312 g/mol. The molecule has 0 atom stereocenters. The smallest absolute Gasteiger partial charge is 0.354 e. The lowest BCUT2D eigenvalue weighted by Crippen LogP contribution is -2.06. The Kier molecular flexibility index (Phi) is 4.76. The number of rotatable bonds is 5. The number of unbranched alkanes of at least 4 members (excludes halogenated alkanes) is 1. The Bertz CT molecular complexity index is 732. The monoisotopic (exact) mass is 330 g/mol. The first-order valence-corrected chi connectivity index (χ1v) is 8.55. The molecule has 2 heterocycles. The number of benzene rings is 1. The molecule has 0 fully saturated rings. The molecule has 4 nitrogen and oxygen atoms in total. The predicted octanol–water partition coefficient (Wildman–Crippen LogP) is 3.76. The highest BCUT2D eigenvalue weighted by molar-refractivity contribution is 7.12. The number of thiophene rings is 1. The molecule has 0 N–H and O–H groups in total. The summed E-state index contributed by atoms with van der Waals surface area (Å²) in [7, 11) is 0. The highest BCUT2D eigenvalue weighted by Gasteiger charge is 2.22.